The fraction of sp³-hybridized carbons (Fsp3) is 1.00. The molecule has 5 heteroatoms. The Morgan fingerprint density at radius 3 is 1.65 bits per heavy atom. The van der Waals surface area contributed by atoms with Crippen LogP contribution in [-0.4, -0.2) is 36.5 Å². The van der Waals surface area contributed by atoms with Crippen LogP contribution in [0.5, 0.6) is 0 Å². The lowest BCUT2D eigenvalue weighted by molar-refractivity contribution is 0.171. The van der Waals surface area contributed by atoms with Crippen LogP contribution in [-0.2, 0) is 8.85 Å². The topological polar surface area (TPSA) is 18.5 Å². The van der Waals surface area contributed by atoms with Crippen molar-refractivity contribution in [2.75, 3.05) is 0 Å². The van der Waals surface area contributed by atoms with E-state index in [1.807, 2.05) is 0 Å². The molecule has 0 aromatic heterocycles. The molecule has 0 rings (SSSR count). The summed E-state index contributed by atoms with van der Waals surface area (Å²) in [5, 5.41) is 0. The van der Waals surface area contributed by atoms with Gasteiger partial charge in [0.25, 0.3) is 0 Å². The van der Waals surface area contributed by atoms with Gasteiger partial charge in [-0.3, -0.25) is 0 Å². The van der Waals surface area contributed by atoms with Crippen LogP contribution in [0.2, 0.25) is 57.9 Å². The molecule has 0 aliphatic heterocycles. The van der Waals surface area contributed by atoms with Crippen molar-refractivity contribution in [3.8, 4) is 0 Å². The first kappa shape index (κ1) is 20.6. The summed E-state index contributed by atoms with van der Waals surface area (Å²) < 4.78 is 12.9. The molecule has 0 aliphatic rings. The Kier molecular flexibility index (Phi) is 7.94. The quantitative estimate of drug-likeness (QED) is 0.519. The number of hydrogen-bond acceptors (Lipinski definition) is 2. The van der Waals surface area contributed by atoms with E-state index in [-0.39, 0.29) is 0 Å². The molecule has 0 saturated carbocycles. The number of rotatable bonds is 9. The van der Waals surface area contributed by atoms with Crippen molar-refractivity contribution < 1.29 is 8.85 Å². The van der Waals surface area contributed by atoms with E-state index < -0.39 is 24.7 Å². The molecule has 0 fully saturated rings. The summed E-state index contributed by atoms with van der Waals surface area (Å²) in [6, 6.07) is 2.68. The maximum Gasteiger partial charge on any atom is 0.214 e. The first-order valence-electron chi connectivity index (χ1n) is 8.15. The van der Waals surface area contributed by atoms with E-state index in [0.717, 1.165) is 6.42 Å². The van der Waals surface area contributed by atoms with Gasteiger partial charge in [0.05, 0.1) is 5.73 Å². The van der Waals surface area contributed by atoms with Gasteiger partial charge >= 0.3 is 0 Å². The summed E-state index contributed by atoms with van der Waals surface area (Å²) in [4.78, 5) is 0. The van der Waals surface area contributed by atoms with E-state index in [4.69, 9.17) is 8.85 Å². The first-order valence-corrected chi connectivity index (χ1v) is 18.0. The van der Waals surface area contributed by atoms with Crippen LogP contribution in [0.25, 0.3) is 0 Å². The molecule has 0 aromatic carbocycles. The van der Waals surface area contributed by atoms with Crippen molar-refractivity contribution >= 4 is 24.7 Å². The molecule has 20 heavy (non-hydrogen) atoms. The van der Waals surface area contributed by atoms with Gasteiger partial charge in [0.1, 0.15) is 0 Å². The van der Waals surface area contributed by atoms with E-state index in [9.17, 15) is 0 Å². The van der Waals surface area contributed by atoms with E-state index in [2.05, 4.69) is 66.6 Å². The minimum atomic E-state index is -1.76. The molecule has 0 saturated heterocycles. The predicted octanol–water partition coefficient (Wildman–Crippen LogP) is 5.49. The zero-order valence-corrected chi connectivity index (χ0v) is 18.6. The highest BCUT2D eigenvalue weighted by Gasteiger charge is 2.39. The fourth-order valence-corrected chi connectivity index (χ4v) is 13.4. The van der Waals surface area contributed by atoms with Gasteiger partial charge < -0.3 is 8.85 Å². The van der Waals surface area contributed by atoms with Crippen LogP contribution < -0.4 is 0 Å². The van der Waals surface area contributed by atoms with E-state index >= 15 is 0 Å². The highest BCUT2D eigenvalue weighted by atomic mass is 28.4. The Morgan fingerprint density at radius 1 is 0.800 bits per heavy atom. The molecule has 0 heterocycles. The Hall–Kier alpha value is 0.571. The van der Waals surface area contributed by atoms with Crippen LogP contribution >= 0.6 is 0 Å². The normalized spacial score (nSPS) is 15.8. The molecule has 1 atom stereocenters. The minimum absolute atomic E-state index is 0.307. The number of hydrogen-bond donors (Lipinski definition) is 0. The summed E-state index contributed by atoms with van der Waals surface area (Å²) in [6.07, 6.45) is 1.39. The second-order valence-electron chi connectivity index (χ2n) is 8.61. The molecule has 0 spiro atoms. The van der Waals surface area contributed by atoms with E-state index in [1.165, 1.54) is 12.1 Å². The van der Waals surface area contributed by atoms with Gasteiger partial charge in [0.15, 0.2) is 8.32 Å². The van der Waals surface area contributed by atoms with Crippen LogP contribution in [0.15, 0.2) is 0 Å². The molecule has 2 nitrogen and oxygen atoms in total. The van der Waals surface area contributed by atoms with Gasteiger partial charge in [-0.2, -0.15) is 0 Å². The Labute approximate surface area is 130 Å². The summed E-state index contributed by atoms with van der Waals surface area (Å²) in [6.45, 7) is 23.3. The molecule has 0 aliphatic carbocycles. The first-order chi connectivity index (χ1) is 8.79. The van der Waals surface area contributed by atoms with E-state index in [1.54, 1.807) is 0 Å². The van der Waals surface area contributed by atoms with Gasteiger partial charge in [0, 0.05) is 14.2 Å². The maximum absolute atomic E-state index is 6.65. The SMILES string of the molecule is CCC(O[Si](C)(C)CC[Si](C)(C)C)[Si](C)(C)OC(C)C. The Balaban J connectivity index is 4.68. The van der Waals surface area contributed by atoms with Gasteiger partial charge in [-0.25, -0.2) is 0 Å². The lowest BCUT2D eigenvalue weighted by Crippen LogP contribution is -2.52. The molecular weight excluding hydrogens is 296 g/mol. The third kappa shape index (κ3) is 8.77. The van der Waals surface area contributed by atoms with Crippen LogP contribution in [0.4, 0.5) is 0 Å². The molecule has 122 valence electrons. The van der Waals surface area contributed by atoms with Crippen molar-refractivity contribution in [2.45, 2.75) is 96.9 Å². The minimum Gasteiger partial charge on any atom is -0.415 e. The molecule has 0 N–H and O–H groups in total. The van der Waals surface area contributed by atoms with Gasteiger partial charge in [-0.1, -0.05) is 32.6 Å². The van der Waals surface area contributed by atoms with Gasteiger partial charge in [-0.05, 0) is 52.5 Å². The van der Waals surface area contributed by atoms with Crippen LogP contribution in [0.3, 0.4) is 0 Å². The average molecular weight is 335 g/mol. The lowest BCUT2D eigenvalue weighted by Gasteiger charge is -2.39. The summed E-state index contributed by atoms with van der Waals surface area (Å²) in [5.74, 6) is 0. The largest absolute Gasteiger partial charge is 0.415 e. The van der Waals surface area contributed by atoms with Crippen molar-refractivity contribution in [2.24, 2.45) is 0 Å². The zero-order chi connectivity index (χ0) is 16.2. The van der Waals surface area contributed by atoms with Gasteiger partial charge in [0.2, 0.25) is 8.32 Å². The van der Waals surface area contributed by atoms with Crippen molar-refractivity contribution in [1.82, 2.24) is 0 Å². The summed E-state index contributed by atoms with van der Waals surface area (Å²) in [7, 11) is -4.29. The maximum atomic E-state index is 6.65. The second kappa shape index (κ2) is 7.72. The summed E-state index contributed by atoms with van der Waals surface area (Å²) >= 11 is 0. The van der Waals surface area contributed by atoms with Crippen LogP contribution in [0.1, 0.15) is 27.2 Å². The van der Waals surface area contributed by atoms with Crippen molar-refractivity contribution in [3.05, 3.63) is 0 Å². The van der Waals surface area contributed by atoms with Crippen molar-refractivity contribution in [3.63, 3.8) is 0 Å². The lowest BCUT2D eigenvalue weighted by atomic mass is 10.5. The van der Waals surface area contributed by atoms with E-state index in [0.29, 0.717) is 11.8 Å². The van der Waals surface area contributed by atoms with Crippen LogP contribution in [0, 0.1) is 0 Å². The fourth-order valence-electron chi connectivity index (χ4n) is 2.52. The smallest absolute Gasteiger partial charge is 0.214 e. The van der Waals surface area contributed by atoms with Gasteiger partial charge in [-0.15, -0.1) is 0 Å². The summed E-state index contributed by atoms with van der Waals surface area (Å²) in [5.41, 5.74) is 0.341. The molecule has 0 radical (unpaired) electrons. The average Bonchev–Trinajstić information content (AvgIpc) is 2.20. The molecule has 1 unspecified atom stereocenters. The molecular formula is C15H38O2Si3. The second-order valence-corrected chi connectivity index (χ2v) is 22.6. The highest BCUT2D eigenvalue weighted by Crippen LogP contribution is 2.27. The molecule has 0 amide bonds. The predicted molar refractivity (Wildman–Crippen MR) is 99.3 cm³/mol. The Bertz CT molecular complexity index is 283. The molecule has 0 aromatic rings. The monoisotopic (exact) mass is 334 g/mol. The standard InChI is InChI=1S/C15H38O2Si3/c1-11-15(20(9,10)16-14(2)3)17-19(7,8)13-12-18(4,5)6/h14-15H,11-13H2,1-10H3. The molecule has 0 bridgehead atoms. The zero-order valence-electron chi connectivity index (χ0n) is 15.6. The third-order valence-corrected chi connectivity index (χ3v) is 11.6. The Morgan fingerprint density at radius 2 is 1.30 bits per heavy atom. The van der Waals surface area contributed by atoms with Crippen molar-refractivity contribution in [1.29, 1.82) is 0 Å². The highest BCUT2D eigenvalue weighted by molar-refractivity contribution is 6.80. The third-order valence-electron chi connectivity index (χ3n) is 3.62.